The van der Waals surface area contributed by atoms with Crippen molar-refractivity contribution in [3.63, 3.8) is 0 Å². The topological polar surface area (TPSA) is 34.1 Å². The molecule has 1 heterocycles. The van der Waals surface area contributed by atoms with Crippen molar-refractivity contribution in [2.45, 2.75) is 33.0 Å². The van der Waals surface area contributed by atoms with Gasteiger partial charge in [-0.2, -0.15) is 0 Å². The first kappa shape index (κ1) is 15.9. The fraction of sp³-hybridized carbons (Fsp3) is 0.312. The van der Waals surface area contributed by atoms with E-state index in [1.807, 2.05) is 26.0 Å². The molecule has 3 nitrogen and oxygen atoms in total. The van der Waals surface area contributed by atoms with Crippen LogP contribution in [0.15, 0.2) is 41.0 Å². The number of aromatic nitrogens is 1. The predicted molar refractivity (Wildman–Crippen MR) is 84.6 cm³/mol. The summed E-state index contributed by atoms with van der Waals surface area (Å²) in [5.41, 5.74) is 2.01. The Morgan fingerprint density at radius 2 is 2.00 bits per heavy atom. The van der Waals surface area contributed by atoms with Crippen LogP contribution in [0.2, 0.25) is 0 Å². The van der Waals surface area contributed by atoms with E-state index in [1.54, 1.807) is 12.3 Å². The summed E-state index contributed by atoms with van der Waals surface area (Å²) in [7, 11) is 0. The van der Waals surface area contributed by atoms with Crippen molar-refractivity contribution in [2.24, 2.45) is 0 Å². The van der Waals surface area contributed by atoms with Crippen LogP contribution in [0, 0.1) is 5.82 Å². The zero-order valence-electron chi connectivity index (χ0n) is 12.1. The monoisotopic (exact) mass is 352 g/mol. The molecule has 1 aromatic heterocycles. The molecular formula is C16H18BrFN2O. The highest BCUT2D eigenvalue weighted by molar-refractivity contribution is 9.10. The first-order valence-electron chi connectivity index (χ1n) is 6.81. The third kappa shape index (κ3) is 4.79. The van der Waals surface area contributed by atoms with Crippen LogP contribution in [0.25, 0.3) is 0 Å². The lowest BCUT2D eigenvalue weighted by Gasteiger charge is -2.13. The van der Waals surface area contributed by atoms with Crippen LogP contribution in [-0.4, -0.2) is 11.1 Å². The highest BCUT2D eigenvalue weighted by Crippen LogP contribution is 2.19. The van der Waals surface area contributed by atoms with Crippen molar-refractivity contribution in [3.05, 3.63) is 57.9 Å². The van der Waals surface area contributed by atoms with Crippen molar-refractivity contribution in [2.75, 3.05) is 0 Å². The standard InChI is InChI=1S/C16H18BrFN2O/c1-11(2)21-16-13(4-3-7-20-16)10-19-9-12-5-6-14(18)8-15(12)17/h3-8,11,19H,9-10H2,1-2H3. The van der Waals surface area contributed by atoms with Crippen molar-refractivity contribution < 1.29 is 9.13 Å². The molecule has 0 fully saturated rings. The SMILES string of the molecule is CC(C)Oc1ncccc1CNCc1ccc(F)cc1Br. The van der Waals surface area contributed by atoms with Gasteiger partial charge in [0.2, 0.25) is 5.88 Å². The fourth-order valence-corrected chi connectivity index (χ4v) is 2.38. The normalized spacial score (nSPS) is 10.9. The fourth-order valence-electron chi connectivity index (χ4n) is 1.88. The smallest absolute Gasteiger partial charge is 0.218 e. The van der Waals surface area contributed by atoms with E-state index < -0.39 is 0 Å². The lowest BCUT2D eigenvalue weighted by molar-refractivity contribution is 0.229. The molecule has 2 aromatic rings. The zero-order chi connectivity index (χ0) is 15.2. The predicted octanol–water partition coefficient (Wildman–Crippen LogP) is 4.06. The van der Waals surface area contributed by atoms with Crippen LogP contribution >= 0.6 is 15.9 Å². The van der Waals surface area contributed by atoms with Crippen LogP contribution < -0.4 is 10.1 Å². The zero-order valence-corrected chi connectivity index (χ0v) is 13.7. The summed E-state index contributed by atoms with van der Waals surface area (Å²) in [6.07, 6.45) is 1.81. The number of nitrogens with zero attached hydrogens (tertiary/aromatic N) is 1. The van der Waals surface area contributed by atoms with Crippen LogP contribution in [0.5, 0.6) is 5.88 Å². The van der Waals surface area contributed by atoms with Gasteiger partial charge in [-0.05, 0) is 37.6 Å². The Kier molecular flexibility index (Phi) is 5.70. The van der Waals surface area contributed by atoms with Gasteiger partial charge in [0.25, 0.3) is 0 Å². The second-order valence-corrected chi connectivity index (χ2v) is 5.83. The van der Waals surface area contributed by atoms with Crippen LogP contribution in [0.3, 0.4) is 0 Å². The van der Waals surface area contributed by atoms with E-state index in [0.717, 1.165) is 15.6 Å². The summed E-state index contributed by atoms with van der Waals surface area (Å²) >= 11 is 3.36. The molecule has 1 N–H and O–H groups in total. The summed E-state index contributed by atoms with van der Waals surface area (Å²) < 4.78 is 19.5. The number of ether oxygens (including phenoxy) is 1. The molecule has 0 amide bonds. The molecule has 0 aliphatic heterocycles. The minimum Gasteiger partial charge on any atom is -0.475 e. The Labute approximate surface area is 132 Å². The van der Waals surface area contributed by atoms with E-state index in [1.165, 1.54) is 12.1 Å². The van der Waals surface area contributed by atoms with Gasteiger partial charge in [-0.1, -0.05) is 28.1 Å². The minimum absolute atomic E-state index is 0.0879. The molecule has 21 heavy (non-hydrogen) atoms. The lowest BCUT2D eigenvalue weighted by Crippen LogP contribution is -2.16. The van der Waals surface area contributed by atoms with Gasteiger partial charge >= 0.3 is 0 Å². The van der Waals surface area contributed by atoms with Crippen molar-refractivity contribution >= 4 is 15.9 Å². The molecule has 112 valence electrons. The Bertz CT molecular complexity index is 605. The largest absolute Gasteiger partial charge is 0.475 e. The molecule has 0 saturated heterocycles. The van der Waals surface area contributed by atoms with Gasteiger partial charge in [0.1, 0.15) is 5.82 Å². The minimum atomic E-state index is -0.245. The Morgan fingerprint density at radius 3 is 2.71 bits per heavy atom. The van der Waals surface area contributed by atoms with E-state index in [9.17, 15) is 4.39 Å². The summed E-state index contributed by atoms with van der Waals surface area (Å²) in [6, 6.07) is 8.56. The highest BCUT2D eigenvalue weighted by atomic mass is 79.9. The maximum Gasteiger partial charge on any atom is 0.218 e. The highest BCUT2D eigenvalue weighted by Gasteiger charge is 2.07. The molecule has 1 aromatic carbocycles. The maximum atomic E-state index is 13.0. The van der Waals surface area contributed by atoms with Gasteiger partial charge in [0.05, 0.1) is 6.10 Å². The molecule has 0 saturated carbocycles. The number of rotatable bonds is 6. The first-order chi connectivity index (χ1) is 10.1. The average molecular weight is 353 g/mol. The van der Waals surface area contributed by atoms with Gasteiger partial charge in [-0.15, -0.1) is 0 Å². The van der Waals surface area contributed by atoms with Gasteiger partial charge in [-0.25, -0.2) is 9.37 Å². The molecule has 5 heteroatoms. The van der Waals surface area contributed by atoms with Gasteiger partial charge in [0, 0.05) is 29.3 Å². The van der Waals surface area contributed by atoms with Crippen LogP contribution in [-0.2, 0) is 13.1 Å². The second-order valence-electron chi connectivity index (χ2n) is 4.97. The van der Waals surface area contributed by atoms with Crippen molar-refractivity contribution in [1.82, 2.24) is 10.3 Å². The number of hydrogen-bond acceptors (Lipinski definition) is 3. The number of benzene rings is 1. The molecule has 0 bridgehead atoms. The molecule has 0 aliphatic rings. The number of halogens is 2. The summed E-state index contributed by atoms with van der Waals surface area (Å²) in [5.74, 6) is 0.406. The molecule has 0 unspecified atom stereocenters. The van der Waals surface area contributed by atoms with E-state index in [2.05, 4.69) is 26.2 Å². The van der Waals surface area contributed by atoms with E-state index in [4.69, 9.17) is 4.74 Å². The maximum absolute atomic E-state index is 13.0. The first-order valence-corrected chi connectivity index (χ1v) is 7.60. The van der Waals surface area contributed by atoms with E-state index >= 15 is 0 Å². The molecular weight excluding hydrogens is 335 g/mol. The van der Waals surface area contributed by atoms with E-state index in [0.29, 0.717) is 19.0 Å². The number of pyridine rings is 1. The molecule has 0 spiro atoms. The lowest BCUT2D eigenvalue weighted by atomic mass is 10.2. The van der Waals surface area contributed by atoms with Crippen LogP contribution in [0.4, 0.5) is 4.39 Å². The summed E-state index contributed by atoms with van der Waals surface area (Å²) in [6.45, 7) is 5.22. The van der Waals surface area contributed by atoms with Crippen molar-refractivity contribution in [1.29, 1.82) is 0 Å². The average Bonchev–Trinajstić information content (AvgIpc) is 2.42. The number of nitrogens with one attached hydrogen (secondary N) is 1. The molecule has 0 aliphatic carbocycles. The Hall–Kier alpha value is -1.46. The molecule has 0 radical (unpaired) electrons. The third-order valence-corrected chi connectivity index (χ3v) is 3.58. The van der Waals surface area contributed by atoms with Gasteiger partial charge < -0.3 is 10.1 Å². The third-order valence-electron chi connectivity index (χ3n) is 2.84. The Morgan fingerprint density at radius 1 is 1.24 bits per heavy atom. The Balaban J connectivity index is 1.97. The number of hydrogen-bond donors (Lipinski definition) is 1. The second kappa shape index (κ2) is 7.52. The summed E-state index contributed by atoms with van der Waals surface area (Å²) in [5, 5.41) is 3.32. The quantitative estimate of drug-likeness (QED) is 0.851. The van der Waals surface area contributed by atoms with E-state index in [-0.39, 0.29) is 11.9 Å². The van der Waals surface area contributed by atoms with Gasteiger partial charge in [-0.3, -0.25) is 0 Å². The molecule has 2 rings (SSSR count). The van der Waals surface area contributed by atoms with Gasteiger partial charge in [0.15, 0.2) is 0 Å². The summed E-state index contributed by atoms with van der Waals surface area (Å²) in [4.78, 5) is 4.25. The van der Waals surface area contributed by atoms with Crippen molar-refractivity contribution in [3.8, 4) is 5.88 Å². The van der Waals surface area contributed by atoms with Crippen LogP contribution in [0.1, 0.15) is 25.0 Å². The molecule has 0 atom stereocenters.